The summed E-state index contributed by atoms with van der Waals surface area (Å²) in [5, 5.41) is 3.65. The lowest BCUT2D eigenvalue weighted by molar-refractivity contribution is 0.240. The third-order valence-electron chi connectivity index (χ3n) is 3.75. The van der Waals surface area contributed by atoms with Crippen molar-refractivity contribution in [2.75, 3.05) is 6.54 Å². The molecule has 0 radical (unpaired) electrons. The van der Waals surface area contributed by atoms with Gasteiger partial charge in [-0.05, 0) is 43.2 Å². The molecule has 1 aromatic carbocycles. The summed E-state index contributed by atoms with van der Waals surface area (Å²) < 4.78 is 0. The van der Waals surface area contributed by atoms with E-state index in [1.165, 1.54) is 24.8 Å². The van der Waals surface area contributed by atoms with Gasteiger partial charge in [-0.25, -0.2) is 0 Å². The van der Waals surface area contributed by atoms with Crippen molar-refractivity contribution < 1.29 is 0 Å². The van der Waals surface area contributed by atoms with E-state index in [2.05, 4.69) is 49.5 Å². The minimum atomic E-state index is 0.672. The molecular weight excluding hydrogens is 194 g/mol. The number of rotatable bonds is 5. The summed E-state index contributed by atoms with van der Waals surface area (Å²) >= 11 is 0. The van der Waals surface area contributed by atoms with Gasteiger partial charge in [-0.2, -0.15) is 0 Å². The van der Waals surface area contributed by atoms with Crippen LogP contribution in [-0.2, 0) is 0 Å². The van der Waals surface area contributed by atoms with Gasteiger partial charge in [0.1, 0.15) is 0 Å². The molecule has 1 unspecified atom stereocenters. The molecule has 1 fully saturated rings. The molecule has 0 saturated heterocycles. The van der Waals surface area contributed by atoms with Crippen LogP contribution in [0.5, 0.6) is 0 Å². The van der Waals surface area contributed by atoms with Crippen molar-refractivity contribution in [3.05, 3.63) is 35.9 Å². The van der Waals surface area contributed by atoms with Gasteiger partial charge in [0.2, 0.25) is 0 Å². The Kier molecular flexibility index (Phi) is 4.00. The van der Waals surface area contributed by atoms with Gasteiger partial charge in [-0.1, -0.05) is 44.2 Å². The molecule has 1 aliphatic carbocycles. The molecule has 0 heterocycles. The molecule has 1 heteroatoms. The smallest absolute Gasteiger partial charge is 0.00721 e. The zero-order valence-electron chi connectivity index (χ0n) is 10.4. The molecule has 0 amide bonds. The first kappa shape index (κ1) is 11.7. The first-order valence-corrected chi connectivity index (χ1v) is 6.54. The van der Waals surface area contributed by atoms with Crippen LogP contribution < -0.4 is 5.32 Å². The summed E-state index contributed by atoms with van der Waals surface area (Å²) in [4.78, 5) is 0. The van der Waals surface area contributed by atoms with Crippen LogP contribution in [0, 0.1) is 5.92 Å². The number of benzene rings is 1. The van der Waals surface area contributed by atoms with Gasteiger partial charge in [0.15, 0.2) is 0 Å². The van der Waals surface area contributed by atoms with Crippen LogP contribution in [0.3, 0.4) is 0 Å². The number of hydrogen-bond donors (Lipinski definition) is 1. The Balaban J connectivity index is 1.66. The van der Waals surface area contributed by atoms with Crippen LogP contribution >= 0.6 is 0 Å². The molecule has 1 saturated carbocycles. The van der Waals surface area contributed by atoms with E-state index in [1.54, 1.807) is 0 Å². The highest BCUT2D eigenvalue weighted by atomic mass is 14.9. The lowest BCUT2D eigenvalue weighted by Crippen LogP contribution is -2.40. The van der Waals surface area contributed by atoms with Gasteiger partial charge in [-0.15, -0.1) is 0 Å². The quantitative estimate of drug-likeness (QED) is 0.795. The maximum Gasteiger partial charge on any atom is 0.00721 e. The van der Waals surface area contributed by atoms with Crippen molar-refractivity contribution in [3.8, 4) is 0 Å². The second-order valence-electron chi connectivity index (χ2n) is 5.33. The fourth-order valence-electron chi connectivity index (χ4n) is 2.52. The van der Waals surface area contributed by atoms with Gasteiger partial charge in [0, 0.05) is 6.04 Å². The van der Waals surface area contributed by atoms with Crippen LogP contribution in [0.25, 0.3) is 0 Å². The monoisotopic (exact) mass is 217 g/mol. The van der Waals surface area contributed by atoms with Crippen LogP contribution in [-0.4, -0.2) is 12.6 Å². The summed E-state index contributed by atoms with van der Waals surface area (Å²) in [6.45, 7) is 5.82. The standard InChI is InChI=1S/C15H23N/c1-12-10-15(11-12)16-9-8-13(2)14-6-4-3-5-7-14/h3-7,12-13,15-16H,8-11H2,1-2H3. The highest BCUT2D eigenvalue weighted by molar-refractivity contribution is 5.18. The van der Waals surface area contributed by atoms with Crippen LogP contribution in [0.2, 0.25) is 0 Å². The fraction of sp³-hybridized carbons (Fsp3) is 0.600. The van der Waals surface area contributed by atoms with E-state index in [0.717, 1.165) is 18.5 Å². The third-order valence-corrected chi connectivity index (χ3v) is 3.75. The van der Waals surface area contributed by atoms with Crippen molar-refractivity contribution >= 4 is 0 Å². The lowest BCUT2D eigenvalue weighted by atomic mass is 9.82. The molecule has 1 aromatic rings. The molecule has 1 nitrogen and oxygen atoms in total. The maximum atomic E-state index is 3.65. The highest BCUT2D eigenvalue weighted by Gasteiger charge is 2.24. The third kappa shape index (κ3) is 3.08. The van der Waals surface area contributed by atoms with Gasteiger partial charge in [0.05, 0.1) is 0 Å². The molecule has 0 aliphatic heterocycles. The van der Waals surface area contributed by atoms with Gasteiger partial charge >= 0.3 is 0 Å². The molecule has 88 valence electrons. The van der Waals surface area contributed by atoms with E-state index < -0.39 is 0 Å². The van der Waals surface area contributed by atoms with Crippen molar-refractivity contribution in [1.29, 1.82) is 0 Å². The Bertz CT molecular complexity index is 300. The van der Waals surface area contributed by atoms with E-state index in [0.29, 0.717) is 5.92 Å². The second-order valence-corrected chi connectivity index (χ2v) is 5.33. The Morgan fingerprint density at radius 2 is 1.94 bits per heavy atom. The zero-order valence-corrected chi connectivity index (χ0v) is 10.4. The highest BCUT2D eigenvalue weighted by Crippen LogP contribution is 2.26. The van der Waals surface area contributed by atoms with Crippen LogP contribution in [0.15, 0.2) is 30.3 Å². The Morgan fingerprint density at radius 3 is 2.56 bits per heavy atom. The van der Waals surface area contributed by atoms with Crippen molar-refractivity contribution in [2.24, 2.45) is 5.92 Å². The number of nitrogens with one attached hydrogen (secondary N) is 1. The van der Waals surface area contributed by atoms with Gasteiger partial charge < -0.3 is 5.32 Å². The van der Waals surface area contributed by atoms with Gasteiger partial charge in [0.25, 0.3) is 0 Å². The first-order chi connectivity index (χ1) is 7.75. The summed E-state index contributed by atoms with van der Waals surface area (Å²) in [5.41, 5.74) is 1.46. The fourth-order valence-corrected chi connectivity index (χ4v) is 2.52. The SMILES string of the molecule is CC1CC(NCCC(C)c2ccccc2)C1. The second kappa shape index (κ2) is 5.49. The average Bonchev–Trinajstić information content (AvgIpc) is 2.27. The largest absolute Gasteiger partial charge is 0.314 e. The maximum absolute atomic E-state index is 3.65. The first-order valence-electron chi connectivity index (χ1n) is 6.54. The predicted octanol–water partition coefficient (Wildman–Crippen LogP) is 3.57. The van der Waals surface area contributed by atoms with Gasteiger partial charge in [-0.3, -0.25) is 0 Å². The summed E-state index contributed by atoms with van der Waals surface area (Å²) in [6, 6.07) is 11.6. The van der Waals surface area contributed by atoms with Crippen LogP contribution in [0.4, 0.5) is 0 Å². The Morgan fingerprint density at radius 1 is 1.25 bits per heavy atom. The molecule has 0 spiro atoms. The van der Waals surface area contributed by atoms with E-state index in [9.17, 15) is 0 Å². The minimum absolute atomic E-state index is 0.672. The molecule has 1 aliphatic rings. The molecule has 16 heavy (non-hydrogen) atoms. The normalized spacial score (nSPS) is 26.1. The minimum Gasteiger partial charge on any atom is -0.314 e. The zero-order chi connectivity index (χ0) is 11.4. The molecule has 0 aromatic heterocycles. The summed E-state index contributed by atoms with van der Waals surface area (Å²) in [7, 11) is 0. The summed E-state index contributed by atoms with van der Waals surface area (Å²) in [5.74, 6) is 1.62. The average molecular weight is 217 g/mol. The van der Waals surface area contributed by atoms with Crippen LogP contribution in [0.1, 0.15) is 44.6 Å². The lowest BCUT2D eigenvalue weighted by Gasteiger charge is -2.33. The van der Waals surface area contributed by atoms with E-state index in [1.807, 2.05) is 0 Å². The number of hydrogen-bond acceptors (Lipinski definition) is 1. The predicted molar refractivity (Wildman–Crippen MR) is 69.7 cm³/mol. The molecule has 0 bridgehead atoms. The molecule has 1 N–H and O–H groups in total. The molecule has 2 rings (SSSR count). The van der Waals surface area contributed by atoms with Crippen molar-refractivity contribution in [1.82, 2.24) is 5.32 Å². The van der Waals surface area contributed by atoms with E-state index in [-0.39, 0.29) is 0 Å². The Labute approximate surface area is 99.3 Å². The van der Waals surface area contributed by atoms with E-state index >= 15 is 0 Å². The van der Waals surface area contributed by atoms with Crippen molar-refractivity contribution in [2.45, 2.75) is 45.1 Å². The Hall–Kier alpha value is -0.820. The van der Waals surface area contributed by atoms with E-state index in [4.69, 9.17) is 0 Å². The topological polar surface area (TPSA) is 12.0 Å². The molecule has 1 atom stereocenters. The summed E-state index contributed by atoms with van der Waals surface area (Å²) in [6.07, 6.45) is 3.99. The van der Waals surface area contributed by atoms with Crippen molar-refractivity contribution in [3.63, 3.8) is 0 Å². The molecular formula is C15H23N.